The van der Waals surface area contributed by atoms with Gasteiger partial charge >= 0.3 is 0 Å². The lowest BCUT2D eigenvalue weighted by Crippen LogP contribution is -2.45. The van der Waals surface area contributed by atoms with Crippen LogP contribution >= 0.6 is 0 Å². The lowest BCUT2D eigenvalue weighted by Gasteiger charge is -2.28. The van der Waals surface area contributed by atoms with Crippen molar-refractivity contribution >= 4 is 5.91 Å². The second-order valence-electron chi connectivity index (χ2n) is 4.40. The fraction of sp³-hybridized carbons (Fsp3) is 0.909. The summed E-state index contributed by atoms with van der Waals surface area (Å²) in [4.78, 5) is 13.3. The minimum atomic E-state index is -0.823. The summed E-state index contributed by atoms with van der Waals surface area (Å²) in [6.45, 7) is 9.64. The summed E-state index contributed by atoms with van der Waals surface area (Å²) in [5, 5.41) is 12.7. The monoisotopic (exact) mass is 216 g/mol. The van der Waals surface area contributed by atoms with Crippen molar-refractivity contribution in [3.05, 3.63) is 0 Å². The second kappa shape index (κ2) is 6.80. The lowest BCUT2D eigenvalue weighted by atomic mass is 10.1. The fourth-order valence-corrected chi connectivity index (χ4v) is 1.33. The summed E-state index contributed by atoms with van der Waals surface area (Å²) in [5.41, 5.74) is -0.823. The zero-order chi connectivity index (χ0) is 11.9. The van der Waals surface area contributed by atoms with Gasteiger partial charge in [0.15, 0.2) is 0 Å². The molecule has 0 saturated carbocycles. The Bertz CT molecular complexity index is 188. The van der Waals surface area contributed by atoms with E-state index in [9.17, 15) is 9.90 Å². The molecule has 0 rings (SSSR count). The third-order valence-electron chi connectivity index (χ3n) is 2.02. The normalized spacial score (nSPS) is 11.5. The molecule has 0 radical (unpaired) electrons. The molecule has 0 atom stereocenters. The van der Waals surface area contributed by atoms with Crippen LogP contribution in [0, 0.1) is 0 Å². The topological polar surface area (TPSA) is 52.6 Å². The summed E-state index contributed by atoms with van der Waals surface area (Å²) in [6.07, 6.45) is 1.02. The predicted octanol–water partition coefficient (Wildman–Crippen LogP) is 0.605. The van der Waals surface area contributed by atoms with Gasteiger partial charge in [0.05, 0.1) is 12.1 Å². The van der Waals surface area contributed by atoms with E-state index in [4.69, 9.17) is 0 Å². The summed E-state index contributed by atoms with van der Waals surface area (Å²) in [7, 11) is 0. The van der Waals surface area contributed by atoms with E-state index in [1.807, 2.05) is 6.92 Å². The summed E-state index contributed by atoms with van der Waals surface area (Å²) in [5.74, 6) is 0.0491. The highest BCUT2D eigenvalue weighted by Crippen LogP contribution is 2.04. The molecule has 0 aliphatic carbocycles. The summed E-state index contributed by atoms with van der Waals surface area (Å²) >= 11 is 0. The van der Waals surface area contributed by atoms with Crippen LogP contribution in [0.5, 0.6) is 0 Å². The highest BCUT2D eigenvalue weighted by Gasteiger charge is 2.20. The highest BCUT2D eigenvalue weighted by atomic mass is 16.3. The number of rotatable bonds is 7. The van der Waals surface area contributed by atoms with E-state index in [1.54, 1.807) is 18.7 Å². The van der Waals surface area contributed by atoms with E-state index in [0.29, 0.717) is 19.6 Å². The molecule has 4 nitrogen and oxygen atoms in total. The predicted molar refractivity (Wildman–Crippen MR) is 61.7 cm³/mol. The molecule has 4 heteroatoms. The average Bonchev–Trinajstić information content (AvgIpc) is 2.13. The lowest BCUT2D eigenvalue weighted by molar-refractivity contribution is -0.132. The van der Waals surface area contributed by atoms with E-state index < -0.39 is 5.60 Å². The molecule has 0 saturated heterocycles. The Hall–Kier alpha value is -0.610. The molecular formula is C11H24N2O2. The van der Waals surface area contributed by atoms with Crippen LogP contribution in [0.2, 0.25) is 0 Å². The molecule has 0 bridgehead atoms. The molecule has 0 spiro atoms. The molecule has 0 aromatic rings. The van der Waals surface area contributed by atoms with Gasteiger partial charge in [0.25, 0.3) is 0 Å². The van der Waals surface area contributed by atoms with Crippen molar-refractivity contribution in [2.24, 2.45) is 0 Å². The van der Waals surface area contributed by atoms with Crippen molar-refractivity contribution in [1.29, 1.82) is 0 Å². The Morgan fingerprint density at radius 3 is 2.40 bits per heavy atom. The number of amides is 1. The van der Waals surface area contributed by atoms with Gasteiger partial charge in [-0.15, -0.1) is 0 Å². The number of carbonyl (C=O) groups excluding carboxylic acids is 1. The van der Waals surface area contributed by atoms with E-state index in [1.165, 1.54) is 0 Å². The van der Waals surface area contributed by atoms with E-state index in [-0.39, 0.29) is 5.91 Å². The van der Waals surface area contributed by atoms with Crippen LogP contribution in [0.1, 0.15) is 34.1 Å². The molecule has 0 aliphatic heterocycles. The van der Waals surface area contributed by atoms with Crippen molar-refractivity contribution in [3.63, 3.8) is 0 Å². The van der Waals surface area contributed by atoms with Crippen molar-refractivity contribution in [2.75, 3.05) is 26.2 Å². The quantitative estimate of drug-likeness (QED) is 0.613. The number of nitrogens with one attached hydrogen (secondary N) is 1. The first-order valence-electron chi connectivity index (χ1n) is 5.61. The van der Waals surface area contributed by atoms with Gasteiger partial charge in [-0.3, -0.25) is 4.79 Å². The first kappa shape index (κ1) is 14.4. The van der Waals surface area contributed by atoms with Crippen molar-refractivity contribution in [2.45, 2.75) is 39.7 Å². The van der Waals surface area contributed by atoms with Crippen molar-refractivity contribution in [3.8, 4) is 0 Å². The minimum absolute atomic E-state index is 0.0491. The Balaban J connectivity index is 4.00. The maximum absolute atomic E-state index is 11.7. The van der Waals surface area contributed by atoms with Crippen LogP contribution in [0.15, 0.2) is 0 Å². The van der Waals surface area contributed by atoms with Gasteiger partial charge in [-0.1, -0.05) is 6.92 Å². The Morgan fingerprint density at radius 1 is 1.40 bits per heavy atom. The minimum Gasteiger partial charge on any atom is -0.389 e. The number of aliphatic hydroxyl groups is 1. The van der Waals surface area contributed by atoms with Gasteiger partial charge in [0.2, 0.25) is 5.91 Å². The molecule has 0 heterocycles. The van der Waals surface area contributed by atoms with E-state index in [2.05, 4.69) is 12.2 Å². The Morgan fingerprint density at radius 2 is 2.00 bits per heavy atom. The van der Waals surface area contributed by atoms with Gasteiger partial charge < -0.3 is 15.3 Å². The Labute approximate surface area is 92.7 Å². The maximum atomic E-state index is 11.7. The highest BCUT2D eigenvalue weighted by molar-refractivity contribution is 5.78. The fourth-order valence-electron chi connectivity index (χ4n) is 1.33. The van der Waals surface area contributed by atoms with Crippen LogP contribution in [0.25, 0.3) is 0 Å². The molecule has 0 aromatic carbocycles. The molecule has 0 aromatic heterocycles. The molecule has 0 aliphatic rings. The standard InChI is InChI=1S/C11H24N2O2/c1-5-7-12-8-10(14)13(6-2)9-11(3,4)15/h12,15H,5-9H2,1-4H3. The van der Waals surface area contributed by atoms with Crippen LogP contribution in [0.3, 0.4) is 0 Å². The zero-order valence-electron chi connectivity index (χ0n) is 10.3. The first-order valence-corrected chi connectivity index (χ1v) is 5.61. The number of likely N-dealkylation sites (N-methyl/N-ethyl adjacent to an activating group) is 1. The van der Waals surface area contributed by atoms with Crippen LogP contribution in [-0.4, -0.2) is 47.7 Å². The van der Waals surface area contributed by atoms with Crippen LogP contribution in [-0.2, 0) is 4.79 Å². The van der Waals surface area contributed by atoms with Gasteiger partial charge in [-0.2, -0.15) is 0 Å². The van der Waals surface area contributed by atoms with Gasteiger partial charge in [0, 0.05) is 13.1 Å². The molecule has 90 valence electrons. The van der Waals surface area contributed by atoms with E-state index in [0.717, 1.165) is 13.0 Å². The van der Waals surface area contributed by atoms with Crippen molar-refractivity contribution in [1.82, 2.24) is 10.2 Å². The van der Waals surface area contributed by atoms with Gasteiger partial charge in [-0.05, 0) is 33.7 Å². The van der Waals surface area contributed by atoms with Crippen molar-refractivity contribution < 1.29 is 9.90 Å². The number of hydrogen-bond donors (Lipinski definition) is 2. The van der Waals surface area contributed by atoms with Gasteiger partial charge in [-0.25, -0.2) is 0 Å². The largest absolute Gasteiger partial charge is 0.389 e. The smallest absolute Gasteiger partial charge is 0.236 e. The molecule has 0 fully saturated rings. The summed E-state index contributed by atoms with van der Waals surface area (Å²) in [6, 6.07) is 0. The number of carbonyl (C=O) groups is 1. The summed E-state index contributed by atoms with van der Waals surface area (Å²) < 4.78 is 0. The third-order valence-corrected chi connectivity index (χ3v) is 2.02. The Kier molecular flexibility index (Phi) is 6.52. The number of nitrogens with zero attached hydrogens (tertiary/aromatic N) is 1. The van der Waals surface area contributed by atoms with Gasteiger partial charge in [0.1, 0.15) is 0 Å². The van der Waals surface area contributed by atoms with Crippen LogP contribution < -0.4 is 5.32 Å². The molecule has 15 heavy (non-hydrogen) atoms. The molecule has 2 N–H and O–H groups in total. The number of hydrogen-bond acceptors (Lipinski definition) is 3. The maximum Gasteiger partial charge on any atom is 0.236 e. The van der Waals surface area contributed by atoms with E-state index >= 15 is 0 Å². The third kappa shape index (κ3) is 7.33. The second-order valence-corrected chi connectivity index (χ2v) is 4.40. The first-order chi connectivity index (χ1) is 6.90. The molecule has 1 amide bonds. The van der Waals surface area contributed by atoms with Crippen LogP contribution in [0.4, 0.5) is 0 Å². The zero-order valence-corrected chi connectivity index (χ0v) is 10.3. The SMILES string of the molecule is CCCNCC(=O)N(CC)CC(C)(C)O. The molecular weight excluding hydrogens is 192 g/mol. The molecule has 0 unspecified atom stereocenters. The average molecular weight is 216 g/mol.